The maximum Gasteiger partial charge on any atom is 0.318 e. The zero-order valence-corrected chi connectivity index (χ0v) is 12.8. The van der Waals surface area contributed by atoms with Gasteiger partial charge in [-0.25, -0.2) is 8.78 Å². The number of hydrogen-bond donors (Lipinski definition) is 1. The van der Waals surface area contributed by atoms with Gasteiger partial charge in [-0.05, 0) is 24.3 Å². The van der Waals surface area contributed by atoms with Gasteiger partial charge in [-0.2, -0.15) is 0 Å². The van der Waals surface area contributed by atoms with E-state index in [0.717, 1.165) is 0 Å². The first kappa shape index (κ1) is 17.6. The van der Waals surface area contributed by atoms with Crippen LogP contribution in [-0.4, -0.2) is 40.9 Å². The molecule has 0 bridgehead atoms. The van der Waals surface area contributed by atoms with Crippen molar-refractivity contribution in [1.29, 1.82) is 0 Å². The van der Waals surface area contributed by atoms with Crippen molar-refractivity contribution in [3.63, 3.8) is 0 Å². The summed E-state index contributed by atoms with van der Waals surface area (Å²) in [6.45, 7) is 8.51. The van der Waals surface area contributed by atoms with Crippen molar-refractivity contribution in [2.45, 2.75) is 46.0 Å². The number of allylic oxidation sites excluding steroid dienone is 1. The molecule has 0 saturated carbocycles. The minimum atomic E-state index is -3.56. The summed E-state index contributed by atoms with van der Waals surface area (Å²) in [5.41, 5.74) is -2.55. The molecule has 1 atom stereocenters. The summed E-state index contributed by atoms with van der Waals surface area (Å²) in [5, 5.41) is 9.32. The topological polar surface area (TPSA) is 57.6 Å². The highest BCUT2D eigenvalue weighted by atomic mass is 19.3. The van der Waals surface area contributed by atoms with E-state index >= 15 is 0 Å². The third kappa shape index (κ3) is 3.60. The summed E-state index contributed by atoms with van der Waals surface area (Å²) >= 11 is 0. The molecular weight excluding hydrogens is 280 g/mol. The van der Waals surface area contributed by atoms with Crippen LogP contribution >= 0.6 is 0 Å². The summed E-state index contributed by atoms with van der Waals surface area (Å²) in [4.78, 5) is 24.9. The fraction of sp³-hybridized carbons (Fsp3) is 0.733. The molecule has 1 unspecified atom stereocenters. The van der Waals surface area contributed by atoms with E-state index in [1.807, 2.05) is 20.8 Å². The zero-order valence-electron chi connectivity index (χ0n) is 12.8. The summed E-state index contributed by atoms with van der Waals surface area (Å²) < 4.78 is 28.2. The number of carbonyl (C=O) groups is 2. The Bertz CT molecular complexity index is 443. The molecule has 0 spiro atoms. The van der Waals surface area contributed by atoms with Gasteiger partial charge in [0.05, 0.1) is 0 Å². The molecule has 1 rings (SSSR count). The second kappa shape index (κ2) is 5.73. The fourth-order valence-electron chi connectivity index (χ4n) is 2.62. The standard InChI is InChI=1S/C15H23F2NO3/c1-5-15(16,17)14(12(20)21)7-6-8-18(10-14)11(19)9-13(2,3)4/h5H,1,6-10H2,2-4H3,(H,20,21). The normalized spacial score (nSPS) is 23.8. The predicted molar refractivity (Wildman–Crippen MR) is 75.1 cm³/mol. The van der Waals surface area contributed by atoms with E-state index in [1.54, 1.807) is 0 Å². The van der Waals surface area contributed by atoms with Crippen molar-refractivity contribution < 1.29 is 23.5 Å². The molecule has 21 heavy (non-hydrogen) atoms. The molecule has 1 aliphatic heterocycles. The molecule has 1 fully saturated rings. The largest absolute Gasteiger partial charge is 0.481 e. The van der Waals surface area contributed by atoms with Crippen molar-refractivity contribution in [2.75, 3.05) is 13.1 Å². The minimum absolute atomic E-state index is 0.166. The average Bonchev–Trinajstić information content (AvgIpc) is 2.36. The van der Waals surface area contributed by atoms with Gasteiger partial charge >= 0.3 is 5.97 Å². The van der Waals surface area contributed by atoms with E-state index in [1.165, 1.54) is 4.90 Å². The van der Waals surface area contributed by atoms with Gasteiger partial charge < -0.3 is 10.0 Å². The summed E-state index contributed by atoms with van der Waals surface area (Å²) in [7, 11) is 0. The fourth-order valence-corrected chi connectivity index (χ4v) is 2.62. The van der Waals surface area contributed by atoms with Crippen molar-refractivity contribution in [3.05, 3.63) is 12.7 Å². The number of piperidine rings is 1. The molecule has 1 amide bonds. The monoisotopic (exact) mass is 303 g/mol. The van der Waals surface area contributed by atoms with E-state index in [-0.39, 0.29) is 30.6 Å². The van der Waals surface area contributed by atoms with E-state index < -0.39 is 23.9 Å². The number of rotatable bonds is 4. The molecule has 120 valence electrons. The maximum atomic E-state index is 14.1. The third-order valence-electron chi connectivity index (χ3n) is 3.83. The van der Waals surface area contributed by atoms with Crippen LogP contribution in [0.4, 0.5) is 8.78 Å². The Morgan fingerprint density at radius 3 is 2.38 bits per heavy atom. The van der Waals surface area contributed by atoms with E-state index in [0.29, 0.717) is 12.6 Å². The van der Waals surface area contributed by atoms with Gasteiger partial charge in [0.1, 0.15) is 0 Å². The molecule has 0 aromatic heterocycles. The minimum Gasteiger partial charge on any atom is -0.481 e. The van der Waals surface area contributed by atoms with E-state index in [2.05, 4.69) is 6.58 Å². The second-order valence-electron chi connectivity index (χ2n) is 6.87. The van der Waals surface area contributed by atoms with Gasteiger partial charge in [0.2, 0.25) is 5.91 Å². The van der Waals surface area contributed by atoms with Crippen LogP contribution in [0.25, 0.3) is 0 Å². The number of alkyl halides is 2. The SMILES string of the molecule is C=CC(F)(F)C1(C(=O)O)CCCN(C(=O)CC(C)(C)C)C1. The highest BCUT2D eigenvalue weighted by Crippen LogP contribution is 2.45. The lowest BCUT2D eigenvalue weighted by Gasteiger charge is -2.43. The van der Waals surface area contributed by atoms with Crippen LogP contribution in [0.2, 0.25) is 0 Å². The smallest absolute Gasteiger partial charge is 0.318 e. The number of carboxylic acid groups (broad SMARTS) is 1. The number of nitrogens with zero attached hydrogens (tertiary/aromatic N) is 1. The summed E-state index contributed by atoms with van der Waals surface area (Å²) in [6.07, 6.45) is 0.646. The van der Waals surface area contributed by atoms with Crippen LogP contribution < -0.4 is 0 Å². The number of carboxylic acids is 1. The van der Waals surface area contributed by atoms with Crippen LogP contribution in [0.5, 0.6) is 0 Å². The van der Waals surface area contributed by atoms with Crippen molar-refractivity contribution in [3.8, 4) is 0 Å². The third-order valence-corrected chi connectivity index (χ3v) is 3.83. The van der Waals surface area contributed by atoms with Crippen LogP contribution in [0, 0.1) is 10.8 Å². The lowest BCUT2D eigenvalue weighted by atomic mass is 9.74. The first-order valence-electron chi connectivity index (χ1n) is 6.98. The van der Waals surface area contributed by atoms with Gasteiger partial charge in [0.15, 0.2) is 5.41 Å². The molecule has 0 aromatic rings. The van der Waals surface area contributed by atoms with E-state index in [9.17, 15) is 23.5 Å². The molecule has 6 heteroatoms. The van der Waals surface area contributed by atoms with Crippen LogP contribution in [0.1, 0.15) is 40.0 Å². The first-order valence-corrected chi connectivity index (χ1v) is 6.98. The highest BCUT2D eigenvalue weighted by Gasteiger charge is 2.59. The maximum absolute atomic E-state index is 14.1. The van der Waals surface area contributed by atoms with Crippen molar-refractivity contribution in [1.82, 2.24) is 4.90 Å². The van der Waals surface area contributed by atoms with Gasteiger partial charge in [0, 0.05) is 19.5 Å². The van der Waals surface area contributed by atoms with Gasteiger partial charge in [-0.15, -0.1) is 0 Å². The summed E-state index contributed by atoms with van der Waals surface area (Å²) in [5.74, 6) is -5.42. The number of likely N-dealkylation sites (tertiary alicyclic amines) is 1. The summed E-state index contributed by atoms with van der Waals surface area (Å²) in [6, 6.07) is 0. The first-order chi connectivity index (χ1) is 9.45. The van der Waals surface area contributed by atoms with Crippen LogP contribution in [0.15, 0.2) is 12.7 Å². The lowest BCUT2D eigenvalue weighted by molar-refractivity contribution is -0.180. The molecule has 1 N–H and O–H groups in total. The molecule has 0 aromatic carbocycles. The Balaban J connectivity index is 3.03. The van der Waals surface area contributed by atoms with Crippen LogP contribution in [-0.2, 0) is 9.59 Å². The Labute approximate surface area is 123 Å². The average molecular weight is 303 g/mol. The number of hydrogen-bond acceptors (Lipinski definition) is 2. The van der Waals surface area contributed by atoms with Gasteiger partial charge in [-0.1, -0.05) is 27.4 Å². The number of halogens is 2. The van der Waals surface area contributed by atoms with Crippen molar-refractivity contribution >= 4 is 11.9 Å². The zero-order chi connectivity index (χ0) is 16.5. The van der Waals surface area contributed by atoms with E-state index in [4.69, 9.17) is 0 Å². The molecule has 4 nitrogen and oxygen atoms in total. The predicted octanol–water partition coefficient (Wildman–Crippen LogP) is 2.94. The Kier molecular flexibility index (Phi) is 4.80. The molecule has 1 heterocycles. The van der Waals surface area contributed by atoms with Crippen LogP contribution in [0.3, 0.4) is 0 Å². The Morgan fingerprint density at radius 1 is 1.38 bits per heavy atom. The van der Waals surface area contributed by atoms with Gasteiger partial charge in [-0.3, -0.25) is 9.59 Å². The Hall–Kier alpha value is -1.46. The molecule has 0 aliphatic carbocycles. The van der Waals surface area contributed by atoms with Crippen molar-refractivity contribution in [2.24, 2.45) is 10.8 Å². The Morgan fingerprint density at radius 2 is 1.95 bits per heavy atom. The number of carbonyl (C=O) groups excluding carboxylic acids is 1. The lowest BCUT2D eigenvalue weighted by Crippen LogP contribution is -2.58. The number of aliphatic carboxylic acids is 1. The van der Waals surface area contributed by atoms with Gasteiger partial charge in [0.25, 0.3) is 5.92 Å². The quantitative estimate of drug-likeness (QED) is 0.812. The second-order valence-corrected chi connectivity index (χ2v) is 6.87. The molecule has 1 saturated heterocycles. The number of amides is 1. The highest BCUT2D eigenvalue weighted by molar-refractivity contribution is 5.81. The molecule has 0 radical (unpaired) electrons. The molecule has 1 aliphatic rings. The molecular formula is C15H23F2NO3.